The molecule has 1 aromatic carbocycles. The Hall–Kier alpha value is -1.54. The Morgan fingerprint density at radius 2 is 1.45 bits per heavy atom. The Morgan fingerprint density at radius 3 is 1.64 bits per heavy atom. The summed E-state index contributed by atoms with van der Waals surface area (Å²) >= 11 is 0. The minimum absolute atomic E-state index is 0.750. The summed E-state index contributed by atoms with van der Waals surface area (Å²) in [6.07, 6.45) is 0.750. The number of hydrogen-bond donors (Lipinski definition) is 1. The Morgan fingerprint density at radius 1 is 1.18 bits per heavy atom. The summed E-state index contributed by atoms with van der Waals surface area (Å²) in [5.74, 6) is -1.60. The fourth-order valence-corrected chi connectivity index (χ4v) is 0.439. The maximum absolute atomic E-state index is 11.9. The quantitative estimate of drug-likeness (QED) is 0.453. The average molecular weight is 157 g/mol. The Bertz CT molecular complexity index is 235. The number of hydrogen-bond acceptors (Lipinski definition) is 2. The third-order valence-corrected chi connectivity index (χ3v) is 0.824. The number of benzene rings is 1. The number of carbonyl (C=O) groups excluding carboxylic acids is 1. The molecule has 1 rings (SSSR count). The monoisotopic (exact) mass is 157 g/mol. The highest BCUT2D eigenvalue weighted by Gasteiger charge is 1.93. The molecular weight excluding hydrogens is 152 g/mol. The van der Waals surface area contributed by atoms with Crippen molar-refractivity contribution in [2.24, 2.45) is 0 Å². The predicted molar refractivity (Wildman–Crippen MR) is 34.8 cm³/mol. The van der Waals surface area contributed by atoms with Crippen LogP contribution >= 0.6 is 0 Å². The minimum Gasteiger partial charge on any atom is -0.222 e. The van der Waals surface area contributed by atoms with Crippen LogP contribution in [0, 0.1) is 17.0 Å². The molecule has 11 heavy (non-hydrogen) atoms. The van der Waals surface area contributed by atoms with Crippen LogP contribution in [0.3, 0.4) is 0 Å². The fourth-order valence-electron chi connectivity index (χ4n) is 0.439. The normalized spacial score (nSPS) is 7.45. The molecule has 4 heteroatoms. The summed E-state index contributed by atoms with van der Waals surface area (Å²) in [4.78, 5) is 8.35. The van der Waals surface area contributed by atoms with Gasteiger partial charge in [-0.15, -0.1) is 0 Å². The lowest BCUT2D eigenvalue weighted by Gasteiger charge is -1.85. The zero-order valence-corrected chi connectivity index (χ0v) is 5.47. The second kappa shape index (κ2) is 5.26. The third-order valence-electron chi connectivity index (χ3n) is 0.824. The van der Waals surface area contributed by atoms with Crippen molar-refractivity contribution < 1.29 is 13.6 Å². The van der Waals surface area contributed by atoms with E-state index in [1.807, 2.05) is 0 Å². The summed E-state index contributed by atoms with van der Waals surface area (Å²) < 4.78 is 23.9. The van der Waals surface area contributed by atoms with Crippen molar-refractivity contribution in [3.8, 4) is 0 Å². The van der Waals surface area contributed by atoms with Crippen LogP contribution in [-0.2, 0) is 4.79 Å². The van der Waals surface area contributed by atoms with E-state index in [1.165, 1.54) is 12.1 Å². The van der Waals surface area contributed by atoms with Crippen molar-refractivity contribution in [2.75, 3.05) is 0 Å². The summed E-state index contributed by atoms with van der Waals surface area (Å²) in [6.45, 7) is 0. The van der Waals surface area contributed by atoms with E-state index in [0.717, 1.165) is 18.2 Å². The average Bonchev–Trinajstić information content (AvgIpc) is 1.97. The Labute approximate surface area is 62.0 Å². The molecule has 58 valence electrons. The lowest BCUT2D eigenvalue weighted by molar-refractivity contribution is 0.508. The van der Waals surface area contributed by atoms with Crippen molar-refractivity contribution in [2.45, 2.75) is 0 Å². The van der Waals surface area contributed by atoms with Crippen LogP contribution in [0.15, 0.2) is 24.3 Å². The molecule has 0 aliphatic carbocycles. The topological polar surface area (TPSA) is 40.9 Å². The summed E-state index contributed by atoms with van der Waals surface area (Å²) in [5, 5.41) is 5.40. The summed E-state index contributed by atoms with van der Waals surface area (Å²) in [7, 11) is 0. The molecule has 1 aromatic rings. The number of nitrogens with one attached hydrogen (secondary N) is 1. The van der Waals surface area contributed by atoms with Gasteiger partial charge < -0.3 is 0 Å². The number of halogens is 2. The molecule has 0 aromatic heterocycles. The van der Waals surface area contributed by atoms with E-state index in [1.54, 1.807) is 0 Å². The second-order valence-corrected chi connectivity index (χ2v) is 1.52. The zero-order valence-electron chi connectivity index (χ0n) is 5.47. The molecular formula is C7H5F2NO. The first-order chi connectivity index (χ1) is 5.22. The molecule has 0 saturated carbocycles. The molecule has 0 amide bonds. The maximum Gasteiger partial charge on any atom is 0.231 e. The fraction of sp³-hybridized carbons (Fsp3) is 0. The van der Waals surface area contributed by atoms with E-state index in [2.05, 4.69) is 0 Å². The molecule has 0 heterocycles. The van der Waals surface area contributed by atoms with Gasteiger partial charge in [0.2, 0.25) is 6.08 Å². The minimum atomic E-state index is -0.799. The number of isocyanates is 1. The van der Waals surface area contributed by atoms with Gasteiger partial charge in [0.05, 0.1) is 0 Å². The van der Waals surface area contributed by atoms with E-state index in [0.29, 0.717) is 0 Å². The molecule has 0 aliphatic rings. The van der Waals surface area contributed by atoms with E-state index < -0.39 is 11.6 Å². The smallest absolute Gasteiger partial charge is 0.222 e. The molecule has 0 radical (unpaired) electrons. The van der Waals surface area contributed by atoms with E-state index in [4.69, 9.17) is 10.2 Å². The van der Waals surface area contributed by atoms with Crippen LogP contribution in [0.4, 0.5) is 8.78 Å². The first-order valence-electron chi connectivity index (χ1n) is 2.66. The van der Waals surface area contributed by atoms with Gasteiger partial charge in [0.25, 0.3) is 0 Å². The molecule has 0 fully saturated rings. The van der Waals surface area contributed by atoms with Gasteiger partial charge in [-0.25, -0.2) is 19.0 Å². The third kappa shape index (κ3) is 3.95. The van der Waals surface area contributed by atoms with E-state index in [9.17, 15) is 8.78 Å². The van der Waals surface area contributed by atoms with Crippen LogP contribution in [0.1, 0.15) is 0 Å². The largest absolute Gasteiger partial charge is 0.231 e. The lowest BCUT2D eigenvalue weighted by atomic mass is 10.3. The first kappa shape index (κ1) is 9.46. The summed E-state index contributed by atoms with van der Waals surface area (Å²) in [6, 6.07) is 5.04. The Balaban J connectivity index is 0.000000292. The molecule has 0 spiro atoms. The van der Waals surface area contributed by atoms with Gasteiger partial charge in [0, 0.05) is 0 Å². The van der Waals surface area contributed by atoms with Crippen molar-refractivity contribution in [3.63, 3.8) is 0 Å². The van der Waals surface area contributed by atoms with Gasteiger partial charge in [0.1, 0.15) is 0 Å². The van der Waals surface area contributed by atoms with Crippen LogP contribution in [0.5, 0.6) is 0 Å². The highest BCUT2D eigenvalue weighted by molar-refractivity contribution is 5.26. The van der Waals surface area contributed by atoms with Crippen LogP contribution in [0.25, 0.3) is 0 Å². The molecule has 0 unspecified atom stereocenters. The first-order valence-corrected chi connectivity index (χ1v) is 2.66. The van der Waals surface area contributed by atoms with Crippen molar-refractivity contribution in [1.82, 2.24) is 0 Å². The standard InChI is InChI=1S/C6H4F2.CHNO/c7-5-3-1-2-4-6(5)8;2-1-3/h1-4H;2H. The van der Waals surface area contributed by atoms with Gasteiger partial charge in [0.15, 0.2) is 11.6 Å². The van der Waals surface area contributed by atoms with Gasteiger partial charge in [-0.2, -0.15) is 0 Å². The summed E-state index contributed by atoms with van der Waals surface area (Å²) in [5.41, 5.74) is 0. The highest BCUT2D eigenvalue weighted by Crippen LogP contribution is 2.01. The van der Waals surface area contributed by atoms with Gasteiger partial charge >= 0.3 is 0 Å². The lowest BCUT2D eigenvalue weighted by Crippen LogP contribution is -1.77. The van der Waals surface area contributed by atoms with Crippen molar-refractivity contribution in [1.29, 1.82) is 5.41 Å². The van der Waals surface area contributed by atoms with Gasteiger partial charge in [-0.1, -0.05) is 12.1 Å². The van der Waals surface area contributed by atoms with Crippen molar-refractivity contribution in [3.05, 3.63) is 35.9 Å². The van der Waals surface area contributed by atoms with E-state index >= 15 is 0 Å². The molecule has 2 nitrogen and oxygen atoms in total. The molecule has 0 saturated heterocycles. The number of rotatable bonds is 0. The van der Waals surface area contributed by atoms with Gasteiger partial charge in [-0.3, -0.25) is 0 Å². The predicted octanol–water partition coefficient (Wildman–Crippen LogP) is 1.87. The zero-order chi connectivity index (χ0) is 8.69. The van der Waals surface area contributed by atoms with Crippen LogP contribution < -0.4 is 0 Å². The van der Waals surface area contributed by atoms with E-state index in [-0.39, 0.29) is 0 Å². The highest BCUT2D eigenvalue weighted by atomic mass is 19.2. The molecule has 0 bridgehead atoms. The second-order valence-electron chi connectivity index (χ2n) is 1.52. The Kier molecular flexibility index (Phi) is 4.52. The van der Waals surface area contributed by atoms with Crippen LogP contribution in [-0.4, -0.2) is 6.08 Å². The maximum atomic E-state index is 11.9. The molecule has 0 aliphatic heterocycles. The van der Waals surface area contributed by atoms with Crippen LogP contribution in [0.2, 0.25) is 0 Å². The molecule has 1 N–H and O–H groups in total. The SMILES string of the molecule is Fc1ccccc1F.N=C=O. The van der Waals surface area contributed by atoms with Gasteiger partial charge in [-0.05, 0) is 12.1 Å². The van der Waals surface area contributed by atoms with Crippen molar-refractivity contribution >= 4 is 6.08 Å². The molecule has 0 atom stereocenters.